The van der Waals surface area contributed by atoms with E-state index in [-0.39, 0.29) is 27.9 Å². The van der Waals surface area contributed by atoms with Crippen LogP contribution in [0, 0.1) is 0 Å². The highest BCUT2D eigenvalue weighted by Gasteiger charge is 2.52. The fraction of sp³-hybridized carbons (Fsp3) is 0.429. The van der Waals surface area contributed by atoms with Crippen molar-refractivity contribution >= 4 is 69.5 Å². The van der Waals surface area contributed by atoms with Crippen molar-refractivity contribution in [1.82, 2.24) is 24.6 Å². The second-order valence-electron chi connectivity index (χ2n) is 7.50. The molecule has 13 heteroatoms. The summed E-state index contributed by atoms with van der Waals surface area (Å²) in [5.41, 5.74) is 7.69. The number of amides is 2. The lowest BCUT2D eigenvalue weighted by molar-refractivity contribution is -0.144. The van der Waals surface area contributed by atoms with Gasteiger partial charge in [0.25, 0.3) is 11.8 Å². The van der Waals surface area contributed by atoms with Crippen LogP contribution in [-0.4, -0.2) is 66.7 Å². The van der Waals surface area contributed by atoms with Gasteiger partial charge in [-0.1, -0.05) is 18.7 Å². The molecule has 1 saturated heterocycles. The molecule has 34 heavy (non-hydrogen) atoms. The molecule has 0 aromatic carbocycles. The number of pyridine rings is 1. The Morgan fingerprint density at radius 2 is 2.26 bits per heavy atom. The zero-order valence-corrected chi connectivity index (χ0v) is 22.2. The molecule has 0 spiro atoms. The Hall–Kier alpha value is -2.09. The van der Waals surface area contributed by atoms with E-state index in [1.807, 2.05) is 30.9 Å². The SMILES string of the molecule is CCCSCc1ncccc1SC1=C(C)N2C(=O)C(NC(=O)C(=NC)c3nsc(N)n3)C2SC1. The molecule has 2 aliphatic rings. The summed E-state index contributed by atoms with van der Waals surface area (Å²) in [6, 6.07) is 3.41. The molecular formula is C21H25N7O2S4. The number of β-lactam (4-membered cyclic amide) rings is 1. The van der Waals surface area contributed by atoms with Crippen LogP contribution >= 0.6 is 46.8 Å². The molecule has 2 unspecified atom stereocenters. The number of aromatic nitrogens is 3. The fourth-order valence-corrected chi connectivity index (χ4v) is 7.58. The summed E-state index contributed by atoms with van der Waals surface area (Å²) in [6.07, 6.45) is 2.96. The van der Waals surface area contributed by atoms with E-state index in [0.717, 1.165) is 56.4 Å². The summed E-state index contributed by atoms with van der Waals surface area (Å²) in [5.74, 6) is 2.29. The summed E-state index contributed by atoms with van der Waals surface area (Å²) >= 11 is 6.19. The van der Waals surface area contributed by atoms with Crippen LogP contribution in [0.4, 0.5) is 5.13 Å². The van der Waals surface area contributed by atoms with Gasteiger partial charge in [-0.25, -0.2) is 0 Å². The van der Waals surface area contributed by atoms with Gasteiger partial charge >= 0.3 is 0 Å². The molecule has 0 saturated carbocycles. The predicted molar refractivity (Wildman–Crippen MR) is 141 cm³/mol. The Kier molecular flexibility index (Phi) is 8.17. The van der Waals surface area contributed by atoms with E-state index in [2.05, 4.69) is 37.6 Å². The van der Waals surface area contributed by atoms with Gasteiger partial charge < -0.3 is 11.1 Å². The minimum absolute atomic E-state index is 0.0635. The number of hydrogen-bond donors (Lipinski definition) is 2. The average molecular weight is 536 g/mol. The standard InChI is InChI=1S/C21H25N7O2S4/c1-4-8-31-9-12-13(6-5-7-24-12)33-14-10-32-20-16(19(30)28(20)11(14)2)25-18(29)15(23-3)17-26-21(22)34-27-17/h5-7,16,20H,4,8-10H2,1-3H3,(H,25,29)(H2,22,26,27). The predicted octanol–water partition coefficient (Wildman–Crippen LogP) is 3.00. The highest BCUT2D eigenvalue weighted by atomic mass is 32.2. The zero-order chi connectivity index (χ0) is 24.2. The number of nitrogens with zero attached hydrogens (tertiary/aromatic N) is 5. The lowest BCUT2D eigenvalue weighted by Gasteiger charge is -2.50. The van der Waals surface area contributed by atoms with E-state index in [1.54, 1.807) is 28.4 Å². The molecule has 4 heterocycles. The maximum Gasteiger partial charge on any atom is 0.274 e. The van der Waals surface area contributed by atoms with Crippen molar-refractivity contribution in [3.05, 3.63) is 40.5 Å². The maximum atomic E-state index is 13.0. The van der Waals surface area contributed by atoms with Crippen LogP contribution in [0.1, 0.15) is 31.8 Å². The molecule has 0 aliphatic carbocycles. The first kappa shape index (κ1) is 25.0. The third-order valence-electron chi connectivity index (χ3n) is 5.24. The largest absolute Gasteiger partial charge is 0.374 e. The molecule has 2 aliphatic heterocycles. The summed E-state index contributed by atoms with van der Waals surface area (Å²) in [6.45, 7) is 4.14. The number of fused-ring (bicyclic) bond motifs is 1. The smallest absolute Gasteiger partial charge is 0.274 e. The molecule has 4 rings (SSSR count). The normalized spacial score (nSPS) is 20.3. The monoisotopic (exact) mass is 535 g/mol. The van der Waals surface area contributed by atoms with Crippen LogP contribution in [0.25, 0.3) is 0 Å². The molecule has 9 nitrogen and oxygen atoms in total. The topological polar surface area (TPSA) is 126 Å². The quantitative estimate of drug-likeness (QED) is 0.283. The third-order valence-corrected chi connectivity index (χ3v) is 9.70. The number of allylic oxidation sites excluding steroid dienone is 1. The molecule has 2 atom stereocenters. The number of nitrogen functional groups attached to an aromatic ring is 1. The minimum atomic E-state index is -0.619. The van der Waals surface area contributed by atoms with E-state index >= 15 is 0 Å². The molecule has 2 amide bonds. The molecule has 1 fully saturated rings. The minimum Gasteiger partial charge on any atom is -0.374 e. The summed E-state index contributed by atoms with van der Waals surface area (Å²) < 4.78 is 4.05. The Bertz CT molecular complexity index is 1150. The van der Waals surface area contributed by atoms with Gasteiger partial charge in [0.2, 0.25) is 0 Å². The Morgan fingerprint density at radius 1 is 1.44 bits per heavy atom. The van der Waals surface area contributed by atoms with E-state index in [1.165, 1.54) is 7.05 Å². The molecule has 180 valence electrons. The number of rotatable bonds is 9. The highest BCUT2D eigenvalue weighted by Crippen LogP contribution is 2.45. The van der Waals surface area contributed by atoms with Gasteiger partial charge in [-0.05, 0) is 31.2 Å². The maximum absolute atomic E-state index is 13.0. The number of aliphatic imine (C=N–C) groups is 1. The molecular weight excluding hydrogens is 511 g/mol. The van der Waals surface area contributed by atoms with Crippen molar-refractivity contribution in [2.45, 2.75) is 42.3 Å². The summed E-state index contributed by atoms with van der Waals surface area (Å²) in [4.78, 5) is 42.4. The van der Waals surface area contributed by atoms with Crippen molar-refractivity contribution in [1.29, 1.82) is 0 Å². The van der Waals surface area contributed by atoms with Crippen molar-refractivity contribution in [3.63, 3.8) is 0 Å². The van der Waals surface area contributed by atoms with Crippen LogP contribution in [0.5, 0.6) is 0 Å². The number of anilines is 1. The highest BCUT2D eigenvalue weighted by molar-refractivity contribution is 8.06. The van der Waals surface area contributed by atoms with Gasteiger partial charge in [0.15, 0.2) is 16.7 Å². The van der Waals surface area contributed by atoms with Gasteiger partial charge in [0, 0.05) is 51.8 Å². The average Bonchev–Trinajstić information content (AvgIpc) is 3.25. The van der Waals surface area contributed by atoms with Crippen LogP contribution in [0.15, 0.2) is 38.8 Å². The summed E-state index contributed by atoms with van der Waals surface area (Å²) in [5, 5.41) is 2.91. The molecule has 0 bridgehead atoms. The van der Waals surface area contributed by atoms with Crippen LogP contribution in [0.2, 0.25) is 0 Å². The number of nitrogens with one attached hydrogen (secondary N) is 1. The van der Waals surface area contributed by atoms with Gasteiger partial charge in [-0.2, -0.15) is 21.1 Å². The van der Waals surface area contributed by atoms with E-state index in [4.69, 9.17) is 5.73 Å². The first-order valence-electron chi connectivity index (χ1n) is 10.7. The van der Waals surface area contributed by atoms with E-state index in [9.17, 15) is 9.59 Å². The van der Waals surface area contributed by atoms with Crippen molar-refractivity contribution in [2.24, 2.45) is 4.99 Å². The molecule has 3 N–H and O–H groups in total. The first-order chi connectivity index (χ1) is 16.4. The van der Waals surface area contributed by atoms with Gasteiger partial charge in [-0.3, -0.25) is 24.5 Å². The van der Waals surface area contributed by atoms with Crippen molar-refractivity contribution < 1.29 is 9.59 Å². The Labute approximate surface area is 215 Å². The van der Waals surface area contributed by atoms with E-state index in [0.29, 0.717) is 0 Å². The van der Waals surface area contributed by atoms with Crippen LogP contribution < -0.4 is 11.1 Å². The summed E-state index contributed by atoms with van der Waals surface area (Å²) in [7, 11) is 1.49. The second kappa shape index (κ2) is 11.1. The van der Waals surface area contributed by atoms with Gasteiger partial charge in [0.1, 0.15) is 11.4 Å². The lowest BCUT2D eigenvalue weighted by atomic mass is 10.1. The number of thioether (sulfide) groups is 3. The Morgan fingerprint density at radius 3 is 2.97 bits per heavy atom. The van der Waals surface area contributed by atoms with Gasteiger partial charge in [0.05, 0.1) is 5.69 Å². The zero-order valence-electron chi connectivity index (χ0n) is 19.0. The van der Waals surface area contributed by atoms with E-state index < -0.39 is 11.9 Å². The molecule has 2 aromatic heterocycles. The number of carbonyl (C=O) groups is 2. The number of hydrogen-bond acceptors (Lipinski definition) is 11. The first-order valence-corrected chi connectivity index (χ1v) is 14.4. The van der Waals surface area contributed by atoms with Crippen LogP contribution in [0.3, 0.4) is 0 Å². The lowest BCUT2D eigenvalue weighted by Crippen LogP contribution is -2.70. The van der Waals surface area contributed by atoms with Crippen molar-refractivity contribution in [3.8, 4) is 0 Å². The molecule has 2 aromatic rings. The fourth-order valence-electron chi connectivity index (χ4n) is 3.54. The second-order valence-corrected chi connectivity index (χ2v) is 11.6. The Balaban J connectivity index is 1.44. The van der Waals surface area contributed by atoms with Gasteiger partial charge in [-0.15, -0.1) is 11.8 Å². The molecule has 0 radical (unpaired) electrons. The van der Waals surface area contributed by atoms with Crippen LogP contribution in [-0.2, 0) is 15.3 Å². The number of nitrogens with two attached hydrogens (primary N) is 1. The number of carbonyl (C=O) groups excluding carboxylic acids is 2. The van der Waals surface area contributed by atoms with Crippen molar-refractivity contribution in [2.75, 3.05) is 24.3 Å². The third kappa shape index (κ3) is 5.11.